The maximum absolute atomic E-state index is 5.83. The standard InChI is InChI=1S/C17H27N3OSi2/c1-22(2,3)15-9-7-14(8-10-15)13-19-16-11-12-18-17(20-16)21-23(4,5)6/h7-12H,13H2,1-6H3,(H,18,19,20). The fraction of sp³-hybridized carbons (Fsp3) is 0.412. The van der Waals surface area contributed by atoms with Crippen molar-refractivity contribution in [2.24, 2.45) is 0 Å². The Morgan fingerprint density at radius 3 is 2.17 bits per heavy atom. The van der Waals surface area contributed by atoms with E-state index in [2.05, 4.69) is 78.8 Å². The van der Waals surface area contributed by atoms with Crippen molar-refractivity contribution in [3.63, 3.8) is 0 Å². The van der Waals surface area contributed by atoms with Gasteiger partial charge in [0.15, 0.2) is 0 Å². The molecule has 0 fully saturated rings. The van der Waals surface area contributed by atoms with Gasteiger partial charge >= 0.3 is 6.01 Å². The van der Waals surface area contributed by atoms with Crippen LogP contribution in [0.1, 0.15) is 5.56 Å². The van der Waals surface area contributed by atoms with E-state index in [4.69, 9.17) is 4.43 Å². The largest absolute Gasteiger partial charge is 0.518 e. The van der Waals surface area contributed by atoms with Gasteiger partial charge in [-0.25, -0.2) is 4.98 Å². The Balaban J connectivity index is 1.99. The van der Waals surface area contributed by atoms with Crippen molar-refractivity contribution in [2.45, 2.75) is 45.8 Å². The second-order valence-corrected chi connectivity index (χ2v) is 17.2. The predicted octanol–water partition coefficient (Wildman–Crippen LogP) is 3.85. The van der Waals surface area contributed by atoms with Crippen LogP contribution in [0.15, 0.2) is 36.5 Å². The molecule has 6 heteroatoms. The lowest BCUT2D eigenvalue weighted by Gasteiger charge is -2.18. The number of benzene rings is 1. The van der Waals surface area contributed by atoms with Crippen LogP contribution in [-0.2, 0) is 6.54 Å². The van der Waals surface area contributed by atoms with E-state index in [-0.39, 0.29) is 0 Å². The van der Waals surface area contributed by atoms with E-state index in [9.17, 15) is 0 Å². The van der Waals surface area contributed by atoms with E-state index in [1.54, 1.807) is 6.20 Å². The van der Waals surface area contributed by atoms with Crippen LogP contribution in [0.25, 0.3) is 0 Å². The molecule has 0 amide bonds. The van der Waals surface area contributed by atoms with Crippen LogP contribution in [0.4, 0.5) is 5.82 Å². The molecule has 23 heavy (non-hydrogen) atoms. The fourth-order valence-electron chi connectivity index (χ4n) is 2.08. The summed E-state index contributed by atoms with van der Waals surface area (Å²) in [6, 6.07) is 11.2. The Morgan fingerprint density at radius 1 is 0.957 bits per heavy atom. The molecule has 0 saturated carbocycles. The molecule has 0 atom stereocenters. The van der Waals surface area contributed by atoms with Gasteiger partial charge in [-0.15, -0.1) is 0 Å². The van der Waals surface area contributed by atoms with Gasteiger partial charge in [-0.3, -0.25) is 0 Å². The van der Waals surface area contributed by atoms with Crippen molar-refractivity contribution < 1.29 is 4.43 Å². The smallest absolute Gasteiger partial charge is 0.304 e. The second kappa shape index (κ2) is 6.84. The van der Waals surface area contributed by atoms with Gasteiger partial charge in [0.25, 0.3) is 0 Å². The molecule has 0 unspecified atom stereocenters. The zero-order chi connectivity index (χ0) is 17.1. The first-order valence-electron chi connectivity index (χ1n) is 7.99. The summed E-state index contributed by atoms with van der Waals surface area (Å²) in [5.41, 5.74) is 1.25. The SMILES string of the molecule is C[Si](C)(C)Oc1nccc(NCc2ccc([Si](C)(C)C)cc2)n1. The summed E-state index contributed by atoms with van der Waals surface area (Å²) in [7, 11) is -2.91. The molecule has 0 bridgehead atoms. The average Bonchev–Trinajstić information content (AvgIpc) is 2.43. The molecule has 1 aromatic carbocycles. The van der Waals surface area contributed by atoms with Crippen LogP contribution >= 0.6 is 0 Å². The molecule has 1 aromatic heterocycles. The highest BCUT2D eigenvalue weighted by Gasteiger charge is 2.18. The van der Waals surface area contributed by atoms with Crippen LogP contribution in [0.2, 0.25) is 39.3 Å². The Kier molecular flexibility index (Phi) is 5.26. The molecule has 4 nitrogen and oxygen atoms in total. The van der Waals surface area contributed by atoms with Crippen molar-refractivity contribution in [3.8, 4) is 6.01 Å². The van der Waals surface area contributed by atoms with E-state index in [0.717, 1.165) is 12.4 Å². The summed E-state index contributed by atoms with van der Waals surface area (Å²) in [5.74, 6) is 0.794. The molecule has 0 aliphatic rings. The predicted molar refractivity (Wildman–Crippen MR) is 103 cm³/mol. The fourth-order valence-corrected chi connectivity index (χ4v) is 3.89. The summed E-state index contributed by atoms with van der Waals surface area (Å²) in [4.78, 5) is 8.61. The minimum Gasteiger partial charge on any atom is -0.518 e. The quantitative estimate of drug-likeness (QED) is 0.808. The van der Waals surface area contributed by atoms with Gasteiger partial charge in [-0.1, -0.05) is 49.1 Å². The zero-order valence-corrected chi connectivity index (χ0v) is 17.0. The molecule has 2 rings (SSSR count). The van der Waals surface area contributed by atoms with Gasteiger partial charge in [-0.2, -0.15) is 4.98 Å². The van der Waals surface area contributed by atoms with Crippen molar-refractivity contribution in [3.05, 3.63) is 42.1 Å². The third-order valence-electron chi connectivity index (χ3n) is 3.32. The lowest BCUT2D eigenvalue weighted by Crippen LogP contribution is -2.37. The van der Waals surface area contributed by atoms with Crippen molar-refractivity contribution >= 4 is 27.4 Å². The van der Waals surface area contributed by atoms with Gasteiger partial charge in [0.2, 0.25) is 8.32 Å². The minimum absolute atomic E-state index is 0.461. The second-order valence-electron chi connectivity index (χ2n) is 7.74. The van der Waals surface area contributed by atoms with Crippen LogP contribution in [-0.4, -0.2) is 26.4 Å². The molecule has 0 radical (unpaired) electrons. The van der Waals surface area contributed by atoms with Gasteiger partial charge in [0.05, 0.1) is 8.07 Å². The molecule has 124 valence electrons. The van der Waals surface area contributed by atoms with Crippen molar-refractivity contribution in [2.75, 3.05) is 5.32 Å². The number of hydrogen-bond donors (Lipinski definition) is 1. The lowest BCUT2D eigenvalue weighted by molar-refractivity contribution is 0.510. The summed E-state index contributed by atoms with van der Waals surface area (Å²) in [6.07, 6.45) is 1.74. The van der Waals surface area contributed by atoms with Crippen LogP contribution in [0.3, 0.4) is 0 Å². The van der Waals surface area contributed by atoms with Crippen molar-refractivity contribution in [1.29, 1.82) is 0 Å². The maximum Gasteiger partial charge on any atom is 0.304 e. The number of aromatic nitrogens is 2. The van der Waals surface area contributed by atoms with E-state index in [1.165, 1.54) is 10.8 Å². The first-order chi connectivity index (χ1) is 10.6. The van der Waals surface area contributed by atoms with E-state index in [1.807, 2.05) is 6.07 Å². The number of nitrogens with one attached hydrogen (secondary N) is 1. The third-order valence-corrected chi connectivity index (χ3v) is 6.18. The molecular formula is C17H27N3OSi2. The Labute approximate surface area is 141 Å². The van der Waals surface area contributed by atoms with Gasteiger partial charge in [-0.05, 0) is 31.3 Å². The highest BCUT2D eigenvalue weighted by atomic mass is 28.4. The van der Waals surface area contributed by atoms with Crippen LogP contribution in [0, 0.1) is 0 Å². The van der Waals surface area contributed by atoms with Crippen molar-refractivity contribution in [1.82, 2.24) is 9.97 Å². The monoisotopic (exact) mass is 345 g/mol. The van der Waals surface area contributed by atoms with E-state index >= 15 is 0 Å². The zero-order valence-electron chi connectivity index (χ0n) is 15.0. The van der Waals surface area contributed by atoms with Crippen LogP contribution < -0.4 is 14.9 Å². The highest BCUT2D eigenvalue weighted by molar-refractivity contribution is 6.88. The first-order valence-corrected chi connectivity index (χ1v) is 14.9. The van der Waals surface area contributed by atoms with E-state index < -0.39 is 16.4 Å². The molecule has 2 aromatic rings. The highest BCUT2D eigenvalue weighted by Crippen LogP contribution is 2.13. The molecule has 0 saturated heterocycles. The Morgan fingerprint density at radius 2 is 1.61 bits per heavy atom. The average molecular weight is 346 g/mol. The molecule has 0 aliphatic carbocycles. The number of hydrogen-bond acceptors (Lipinski definition) is 4. The number of nitrogens with zero attached hydrogens (tertiary/aromatic N) is 2. The normalized spacial score (nSPS) is 12.1. The summed E-state index contributed by atoms with van der Waals surface area (Å²) in [6.45, 7) is 14.2. The molecule has 0 spiro atoms. The van der Waals surface area contributed by atoms with Crippen LogP contribution in [0.5, 0.6) is 6.01 Å². The van der Waals surface area contributed by atoms with Gasteiger partial charge in [0.1, 0.15) is 5.82 Å². The number of anilines is 1. The first kappa shape index (κ1) is 17.7. The third kappa shape index (κ3) is 5.80. The molecule has 1 heterocycles. The lowest BCUT2D eigenvalue weighted by atomic mass is 10.2. The summed E-state index contributed by atoms with van der Waals surface area (Å²) >= 11 is 0. The minimum atomic E-state index is -1.68. The topological polar surface area (TPSA) is 47.0 Å². The van der Waals surface area contributed by atoms with E-state index in [0.29, 0.717) is 6.01 Å². The molecule has 1 N–H and O–H groups in total. The Hall–Kier alpha value is -1.67. The van der Waals surface area contributed by atoms with Gasteiger partial charge < -0.3 is 9.74 Å². The maximum atomic E-state index is 5.83. The molecule has 0 aliphatic heterocycles. The summed E-state index contributed by atoms with van der Waals surface area (Å²) in [5, 5.41) is 4.82. The molecular weight excluding hydrogens is 318 g/mol. The Bertz CT molecular complexity index is 646. The number of rotatable bonds is 6. The van der Waals surface area contributed by atoms with Gasteiger partial charge in [0, 0.05) is 12.7 Å². The summed E-state index contributed by atoms with van der Waals surface area (Å²) < 4.78 is 5.83.